The minimum absolute atomic E-state index is 0.479. The third kappa shape index (κ3) is 6.53. The quantitative estimate of drug-likeness (QED) is 0.206. The van der Waals surface area contributed by atoms with Crippen molar-refractivity contribution < 1.29 is 13.3 Å². The van der Waals surface area contributed by atoms with Gasteiger partial charge in [-0.15, -0.1) is 19.7 Å². The molecule has 0 aliphatic heterocycles. The number of allylic oxidation sites excluding steroid dienone is 3. The predicted octanol–water partition coefficient (Wildman–Crippen LogP) is 6.62. The fourth-order valence-electron chi connectivity index (χ4n) is 3.78. The van der Waals surface area contributed by atoms with Gasteiger partial charge >= 0.3 is 8.80 Å². The average molecular weight is 486 g/mol. The highest BCUT2D eigenvalue weighted by Gasteiger charge is 2.56. The summed E-state index contributed by atoms with van der Waals surface area (Å²) in [5, 5.41) is 0. The zero-order valence-electron chi connectivity index (χ0n) is 20.5. The molecule has 0 saturated carbocycles. The first-order chi connectivity index (χ1) is 17.1. The maximum Gasteiger partial charge on any atom is 0.717 e. The Balaban J connectivity index is 2.17. The summed E-state index contributed by atoms with van der Waals surface area (Å²) in [4.78, 5) is 0. The van der Waals surface area contributed by atoms with E-state index in [0.29, 0.717) is 42.9 Å². The Kier molecular flexibility index (Phi) is 9.53. The lowest BCUT2D eigenvalue weighted by Crippen LogP contribution is -2.67. The van der Waals surface area contributed by atoms with Crippen LogP contribution in [-0.2, 0) is 19.3 Å². The molecule has 5 heteroatoms. The van der Waals surface area contributed by atoms with E-state index in [-0.39, 0.29) is 0 Å². The van der Waals surface area contributed by atoms with Gasteiger partial charge in [-0.05, 0) is 60.6 Å². The van der Waals surface area contributed by atoms with Crippen LogP contribution in [0.1, 0.15) is 30.0 Å². The summed E-state index contributed by atoms with van der Waals surface area (Å²) >= 11 is 0. The number of hydrogen-bond donors (Lipinski definition) is 1. The zero-order chi connectivity index (χ0) is 25.1. The Bertz CT molecular complexity index is 1010. The van der Waals surface area contributed by atoms with Crippen molar-refractivity contribution in [3.05, 3.63) is 127 Å². The second-order valence-electron chi connectivity index (χ2n) is 8.23. The van der Waals surface area contributed by atoms with E-state index in [4.69, 9.17) is 19.0 Å². The summed E-state index contributed by atoms with van der Waals surface area (Å²) in [6, 6.07) is 23.6. The molecule has 0 aromatic heterocycles. The van der Waals surface area contributed by atoms with Gasteiger partial charge in [0, 0.05) is 0 Å². The minimum Gasteiger partial charge on any atom is -0.482 e. The molecule has 3 aromatic rings. The van der Waals surface area contributed by atoms with Crippen LogP contribution in [0.5, 0.6) is 17.2 Å². The summed E-state index contributed by atoms with van der Waals surface area (Å²) < 4.78 is 20.3. The summed E-state index contributed by atoms with van der Waals surface area (Å²) in [5.74, 6) is 2.06. The Morgan fingerprint density at radius 1 is 0.657 bits per heavy atom. The molecule has 0 saturated heterocycles. The van der Waals surface area contributed by atoms with Crippen LogP contribution in [0.3, 0.4) is 0 Å². The van der Waals surface area contributed by atoms with Crippen molar-refractivity contribution in [1.82, 2.24) is 0 Å². The average Bonchev–Trinajstić information content (AvgIpc) is 2.87. The first kappa shape index (κ1) is 26.1. The standard InChI is InChI=1S/C30H35NO3Si/c1-5-15-24-18-9-12-21-27(24)32-35(30(31)8-4,33-28-22-13-10-19-25(28)16-6-2)34-29-23-14-11-20-26(29)17-7-3/h5-7,9-14,18-23,30H,1-3,8,15-17,31H2,4H3. The van der Waals surface area contributed by atoms with Crippen LogP contribution in [0, 0.1) is 0 Å². The topological polar surface area (TPSA) is 53.7 Å². The van der Waals surface area contributed by atoms with Gasteiger partial charge in [0.1, 0.15) is 22.9 Å². The molecule has 0 amide bonds. The van der Waals surface area contributed by atoms with Crippen molar-refractivity contribution in [2.45, 2.75) is 38.3 Å². The van der Waals surface area contributed by atoms with Crippen molar-refractivity contribution >= 4 is 8.80 Å². The molecule has 0 radical (unpaired) electrons. The summed E-state index contributed by atoms with van der Waals surface area (Å²) in [6.45, 7) is 13.7. The molecular formula is C30H35NO3Si. The van der Waals surface area contributed by atoms with E-state index in [1.165, 1.54) is 0 Å². The third-order valence-electron chi connectivity index (χ3n) is 5.66. The van der Waals surface area contributed by atoms with E-state index in [0.717, 1.165) is 16.7 Å². The molecule has 2 N–H and O–H groups in total. The van der Waals surface area contributed by atoms with Crippen molar-refractivity contribution in [2.24, 2.45) is 5.73 Å². The normalized spacial score (nSPS) is 11.8. The van der Waals surface area contributed by atoms with Crippen LogP contribution >= 0.6 is 0 Å². The zero-order valence-corrected chi connectivity index (χ0v) is 21.5. The fraction of sp³-hybridized carbons (Fsp3) is 0.200. The van der Waals surface area contributed by atoms with Crippen molar-refractivity contribution in [1.29, 1.82) is 0 Å². The van der Waals surface area contributed by atoms with E-state index >= 15 is 0 Å². The fourth-order valence-corrected chi connectivity index (χ4v) is 6.38. The highest BCUT2D eigenvalue weighted by molar-refractivity contribution is 6.65. The molecule has 0 aliphatic carbocycles. The highest BCUT2D eigenvalue weighted by atomic mass is 28.4. The number of hydrogen-bond acceptors (Lipinski definition) is 4. The van der Waals surface area contributed by atoms with Gasteiger partial charge in [-0.2, -0.15) is 0 Å². The van der Waals surface area contributed by atoms with Crippen LogP contribution in [0.25, 0.3) is 0 Å². The van der Waals surface area contributed by atoms with E-state index < -0.39 is 14.5 Å². The first-order valence-electron chi connectivity index (χ1n) is 12.0. The lowest BCUT2D eigenvalue weighted by Gasteiger charge is -2.35. The SMILES string of the molecule is C=CCc1ccccc1O[Si](Oc1ccccc1CC=C)(Oc1ccccc1CC=C)C(N)CC. The smallest absolute Gasteiger partial charge is 0.482 e. The summed E-state index contributed by atoms with van der Waals surface area (Å²) in [6.07, 6.45) is 8.14. The van der Waals surface area contributed by atoms with E-state index in [1.54, 1.807) is 0 Å². The molecule has 35 heavy (non-hydrogen) atoms. The lowest BCUT2D eigenvalue weighted by molar-refractivity contribution is 0.241. The Morgan fingerprint density at radius 3 is 1.26 bits per heavy atom. The molecule has 3 aromatic carbocycles. The van der Waals surface area contributed by atoms with Crippen LogP contribution in [-0.4, -0.2) is 14.5 Å². The Labute approximate surface area is 210 Å². The van der Waals surface area contributed by atoms with Crippen molar-refractivity contribution in [2.75, 3.05) is 0 Å². The number of rotatable bonds is 14. The highest BCUT2D eigenvalue weighted by Crippen LogP contribution is 2.32. The largest absolute Gasteiger partial charge is 0.717 e. The molecule has 1 unspecified atom stereocenters. The van der Waals surface area contributed by atoms with Crippen molar-refractivity contribution in [3.63, 3.8) is 0 Å². The summed E-state index contributed by atoms with van der Waals surface area (Å²) in [7, 11) is -3.63. The molecule has 0 aliphatic rings. The second-order valence-corrected chi connectivity index (χ2v) is 10.8. The molecule has 0 bridgehead atoms. The second kappa shape index (κ2) is 12.8. The van der Waals surface area contributed by atoms with E-state index in [2.05, 4.69) is 19.7 Å². The molecule has 182 valence electrons. The maximum atomic E-state index is 6.79. The molecular weight excluding hydrogens is 450 g/mol. The van der Waals surface area contributed by atoms with E-state index in [9.17, 15) is 0 Å². The van der Waals surface area contributed by atoms with Crippen LogP contribution in [0.2, 0.25) is 0 Å². The number of para-hydroxylation sites is 3. The van der Waals surface area contributed by atoms with Gasteiger partial charge in [0.15, 0.2) is 0 Å². The molecule has 4 nitrogen and oxygen atoms in total. The Morgan fingerprint density at radius 2 is 0.971 bits per heavy atom. The van der Waals surface area contributed by atoms with Crippen LogP contribution in [0.15, 0.2) is 111 Å². The predicted molar refractivity (Wildman–Crippen MR) is 147 cm³/mol. The van der Waals surface area contributed by atoms with Crippen LogP contribution in [0.4, 0.5) is 0 Å². The molecule has 0 spiro atoms. The third-order valence-corrected chi connectivity index (χ3v) is 8.49. The van der Waals surface area contributed by atoms with Gasteiger partial charge in [0.25, 0.3) is 0 Å². The summed E-state index contributed by atoms with van der Waals surface area (Å²) in [5.41, 5.74) is 9.30. The monoisotopic (exact) mass is 485 g/mol. The van der Waals surface area contributed by atoms with Gasteiger partial charge in [0.2, 0.25) is 0 Å². The first-order valence-corrected chi connectivity index (χ1v) is 13.8. The van der Waals surface area contributed by atoms with Gasteiger partial charge in [-0.1, -0.05) is 79.7 Å². The Hall–Kier alpha value is -3.54. The van der Waals surface area contributed by atoms with Gasteiger partial charge in [0.05, 0.1) is 0 Å². The van der Waals surface area contributed by atoms with Gasteiger partial charge in [-0.25, -0.2) is 0 Å². The maximum absolute atomic E-state index is 6.79. The molecule has 1 atom stereocenters. The van der Waals surface area contributed by atoms with E-state index in [1.807, 2.05) is 97.9 Å². The molecule has 3 rings (SSSR count). The minimum atomic E-state index is -3.63. The molecule has 0 fully saturated rings. The lowest BCUT2D eigenvalue weighted by atomic mass is 10.1. The number of nitrogens with two attached hydrogens (primary N) is 1. The van der Waals surface area contributed by atoms with Gasteiger partial charge < -0.3 is 19.0 Å². The number of benzene rings is 3. The molecule has 0 heterocycles. The van der Waals surface area contributed by atoms with Crippen LogP contribution < -0.4 is 19.0 Å². The van der Waals surface area contributed by atoms with Gasteiger partial charge in [-0.3, -0.25) is 0 Å². The van der Waals surface area contributed by atoms with Crippen molar-refractivity contribution in [3.8, 4) is 17.2 Å².